The number of rotatable bonds is 6. The van der Waals surface area contributed by atoms with Gasteiger partial charge in [0.25, 0.3) is 0 Å². The predicted molar refractivity (Wildman–Crippen MR) is 84.0 cm³/mol. The summed E-state index contributed by atoms with van der Waals surface area (Å²) in [7, 11) is -0.893. The summed E-state index contributed by atoms with van der Waals surface area (Å²) in [5.74, 6) is 1.15. The number of hydrogen-bond donors (Lipinski definition) is 1. The van der Waals surface area contributed by atoms with E-state index in [0.717, 1.165) is 12.0 Å². The number of carbonyl (C=O) groups is 1. The number of fused-ring (bicyclic) bond motifs is 1. The van der Waals surface area contributed by atoms with E-state index >= 15 is 0 Å². The Hall–Kier alpha value is -1.68. The molecular weight excluding hydrogens is 270 g/mol. The monoisotopic (exact) mass is 289 g/mol. The van der Waals surface area contributed by atoms with Crippen molar-refractivity contribution in [1.82, 2.24) is 5.32 Å². The summed E-state index contributed by atoms with van der Waals surface area (Å²) >= 11 is 0. The molecule has 106 valence electrons. The van der Waals surface area contributed by atoms with E-state index in [4.69, 9.17) is 0 Å². The number of hydrogen-bond acceptors (Lipinski definition) is 2. The van der Waals surface area contributed by atoms with Crippen LogP contribution in [0.5, 0.6) is 0 Å². The van der Waals surface area contributed by atoms with Crippen molar-refractivity contribution in [3.63, 3.8) is 0 Å². The van der Waals surface area contributed by atoms with Gasteiger partial charge in [0.15, 0.2) is 0 Å². The Labute approximate surface area is 121 Å². The highest BCUT2D eigenvalue weighted by Crippen LogP contribution is 2.19. The normalized spacial score (nSPS) is 12.2. The summed E-state index contributed by atoms with van der Waals surface area (Å²) in [4.78, 5) is 10.7. The molecular formula is C16H19NO2S. The molecule has 0 saturated heterocycles. The fraction of sp³-hybridized carbons (Fsp3) is 0.312. The molecule has 20 heavy (non-hydrogen) atoms. The molecule has 0 fully saturated rings. The van der Waals surface area contributed by atoms with Crippen molar-refractivity contribution in [3.8, 4) is 0 Å². The van der Waals surface area contributed by atoms with Crippen LogP contribution >= 0.6 is 0 Å². The van der Waals surface area contributed by atoms with Gasteiger partial charge in [-0.05, 0) is 22.8 Å². The zero-order valence-corrected chi connectivity index (χ0v) is 12.4. The molecule has 0 bridgehead atoms. The minimum Gasteiger partial charge on any atom is -0.356 e. The van der Waals surface area contributed by atoms with Crippen LogP contribution in [-0.4, -0.2) is 22.4 Å². The smallest absolute Gasteiger partial charge is 0.216 e. The Kier molecular flexibility index (Phi) is 5.30. The number of benzene rings is 2. The van der Waals surface area contributed by atoms with Crippen molar-refractivity contribution in [2.24, 2.45) is 0 Å². The second-order valence-corrected chi connectivity index (χ2v) is 6.34. The van der Waals surface area contributed by atoms with Crippen molar-refractivity contribution in [1.29, 1.82) is 0 Å². The van der Waals surface area contributed by atoms with Gasteiger partial charge < -0.3 is 5.32 Å². The molecule has 2 aromatic carbocycles. The molecule has 1 atom stereocenters. The van der Waals surface area contributed by atoms with Gasteiger partial charge in [-0.3, -0.25) is 9.00 Å². The molecule has 0 saturated carbocycles. The lowest BCUT2D eigenvalue weighted by atomic mass is 10.1. The Bertz CT molecular complexity index is 619. The first kappa shape index (κ1) is 14.7. The second-order valence-electron chi connectivity index (χ2n) is 4.76. The SMILES string of the molecule is CC(=O)NCCC[S@@](=O)Cc1cccc2ccccc12. The Morgan fingerprint density at radius 2 is 1.90 bits per heavy atom. The highest BCUT2D eigenvalue weighted by molar-refractivity contribution is 7.84. The van der Waals surface area contributed by atoms with E-state index < -0.39 is 10.8 Å². The van der Waals surface area contributed by atoms with Crippen molar-refractivity contribution in [3.05, 3.63) is 48.0 Å². The van der Waals surface area contributed by atoms with Crippen LogP contribution in [0.15, 0.2) is 42.5 Å². The molecule has 4 heteroatoms. The first-order valence-electron chi connectivity index (χ1n) is 6.73. The van der Waals surface area contributed by atoms with E-state index in [0.29, 0.717) is 18.1 Å². The van der Waals surface area contributed by atoms with Gasteiger partial charge in [-0.25, -0.2) is 0 Å². The summed E-state index contributed by atoms with van der Waals surface area (Å²) in [6.45, 7) is 2.09. The molecule has 0 aliphatic heterocycles. The van der Waals surface area contributed by atoms with Crippen LogP contribution in [0.3, 0.4) is 0 Å². The molecule has 0 aliphatic carbocycles. The Morgan fingerprint density at radius 1 is 1.15 bits per heavy atom. The first-order chi connectivity index (χ1) is 9.66. The van der Waals surface area contributed by atoms with Gasteiger partial charge in [0, 0.05) is 35.8 Å². The zero-order chi connectivity index (χ0) is 14.4. The molecule has 0 spiro atoms. The van der Waals surface area contributed by atoms with Crippen LogP contribution in [-0.2, 0) is 21.3 Å². The maximum Gasteiger partial charge on any atom is 0.216 e. The van der Waals surface area contributed by atoms with E-state index in [9.17, 15) is 9.00 Å². The van der Waals surface area contributed by atoms with Crippen LogP contribution in [0.4, 0.5) is 0 Å². The molecule has 1 N–H and O–H groups in total. The summed E-state index contributed by atoms with van der Waals surface area (Å²) in [5, 5.41) is 5.07. The lowest BCUT2D eigenvalue weighted by Gasteiger charge is -2.07. The van der Waals surface area contributed by atoms with Gasteiger partial charge in [-0.15, -0.1) is 0 Å². The van der Waals surface area contributed by atoms with Crippen molar-refractivity contribution >= 4 is 27.5 Å². The average molecular weight is 289 g/mol. The van der Waals surface area contributed by atoms with E-state index in [1.54, 1.807) is 0 Å². The molecule has 0 heterocycles. The van der Waals surface area contributed by atoms with Crippen molar-refractivity contribution < 1.29 is 9.00 Å². The number of nitrogens with one attached hydrogen (secondary N) is 1. The maximum absolute atomic E-state index is 12.1. The quantitative estimate of drug-likeness (QED) is 0.831. The molecule has 0 unspecified atom stereocenters. The fourth-order valence-corrected chi connectivity index (χ4v) is 3.37. The number of amides is 1. The van der Waals surface area contributed by atoms with Crippen LogP contribution in [0.1, 0.15) is 18.9 Å². The summed E-state index contributed by atoms with van der Waals surface area (Å²) in [6, 6.07) is 14.3. The van der Waals surface area contributed by atoms with Crippen LogP contribution in [0.2, 0.25) is 0 Å². The first-order valence-corrected chi connectivity index (χ1v) is 8.21. The molecule has 2 rings (SSSR count). The summed E-state index contributed by atoms with van der Waals surface area (Å²) in [5.41, 5.74) is 1.13. The lowest BCUT2D eigenvalue weighted by Crippen LogP contribution is -2.22. The Morgan fingerprint density at radius 3 is 2.70 bits per heavy atom. The van der Waals surface area contributed by atoms with Crippen LogP contribution in [0.25, 0.3) is 10.8 Å². The summed E-state index contributed by atoms with van der Waals surface area (Å²) in [6.07, 6.45) is 0.747. The molecule has 2 aromatic rings. The highest BCUT2D eigenvalue weighted by atomic mass is 32.2. The second kappa shape index (κ2) is 7.20. The average Bonchev–Trinajstić information content (AvgIpc) is 2.44. The van der Waals surface area contributed by atoms with E-state index in [-0.39, 0.29) is 5.91 Å². The lowest BCUT2D eigenvalue weighted by molar-refractivity contribution is -0.118. The highest BCUT2D eigenvalue weighted by Gasteiger charge is 2.05. The molecule has 1 amide bonds. The standard InChI is InChI=1S/C16H19NO2S/c1-13(18)17-10-5-11-20(19)12-15-8-4-7-14-6-2-3-9-16(14)15/h2-4,6-9H,5,10-12H2,1H3,(H,17,18)/t20-/m1/s1. The third-order valence-electron chi connectivity index (χ3n) is 3.12. The summed E-state index contributed by atoms with van der Waals surface area (Å²) < 4.78 is 12.1. The molecule has 0 aromatic heterocycles. The Balaban J connectivity index is 1.94. The molecule has 0 aliphatic rings. The number of carbonyl (C=O) groups excluding carboxylic acids is 1. The largest absolute Gasteiger partial charge is 0.356 e. The van der Waals surface area contributed by atoms with Gasteiger partial charge in [-0.2, -0.15) is 0 Å². The van der Waals surface area contributed by atoms with Crippen molar-refractivity contribution in [2.75, 3.05) is 12.3 Å². The third kappa shape index (κ3) is 4.17. The maximum atomic E-state index is 12.1. The van der Waals surface area contributed by atoms with E-state index in [1.165, 1.54) is 17.7 Å². The van der Waals surface area contributed by atoms with E-state index in [2.05, 4.69) is 23.5 Å². The van der Waals surface area contributed by atoms with Crippen LogP contribution in [0, 0.1) is 0 Å². The zero-order valence-electron chi connectivity index (χ0n) is 11.6. The fourth-order valence-electron chi connectivity index (χ4n) is 2.16. The molecule has 0 radical (unpaired) electrons. The van der Waals surface area contributed by atoms with Gasteiger partial charge >= 0.3 is 0 Å². The van der Waals surface area contributed by atoms with Gasteiger partial charge in [0.05, 0.1) is 0 Å². The topological polar surface area (TPSA) is 46.2 Å². The minimum atomic E-state index is -0.893. The van der Waals surface area contributed by atoms with E-state index in [1.807, 2.05) is 24.3 Å². The predicted octanol–water partition coefficient (Wildman–Crippen LogP) is 2.61. The van der Waals surface area contributed by atoms with Gasteiger partial charge in [0.2, 0.25) is 5.91 Å². The van der Waals surface area contributed by atoms with Crippen LogP contribution < -0.4 is 5.32 Å². The van der Waals surface area contributed by atoms with Gasteiger partial charge in [0.1, 0.15) is 0 Å². The molecule has 3 nitrogen and oxygen atoms in total. The third-order valence-corrected chi connectivity index (χ3v) is 4.50. The van der Waals surface area contributed by atoms with Crippen molar-refractivity contribution in [2.45, 2.75) is 19.1 Å². The van der Waals surface area contributed by atoms with Gasteiger partial charge in [-0.1, -0.05) is 42.5 Å². The minimum absolute atomic E-state index is 0.0372.